The van der Waals surface area contributed by atoms with Gasteiger partial charge in [0.25, 0.3) is 11.5 Å². The average Bonchev–Trinajstić information content (AvgIpc) is 2.71. The summed E-state index contributed by atoms with van der Waals surface area (Å²) in [7, 11) is -3.93. The molecule has 0 saturated heterocycles. The standard InChI is InChI=1S/C19H19FN4O5S/c1-19(18(26)23-27,30(2,28)29)5-8-24-11-14(20)13(10-17(24)25)12-3-4-15-16(9-12)22-7-6-21-15/h3-4,6-7,9-11,27H,5,8H2,1-2H3,(H,23,26). The van der Waals surface area contributed by atoms with Crippen LogP contribution < -0.4 is 11.0 Å². The van der Waals surface area contributed by atoms with Crippen molar-refractivity contribution in [2.75, 3.05) is 6.26 Å². The Bertz CT molecular complexity index is 1290. The smallest absolute Gasteiger partial charge is 0.264 e. The molecule has 2 aromatic heterocycles. The molecule has 0 aliphatic rings. The van der Waals surface area contributed by atoms with E-state index in [0.717, 1.165) is 30.0 Å². The molecule has 0 aliphatic heterocycles. The summed E-state index contributed by atoms with van der Waals surface area (Å²) in [5.41, 5.74) is 2.41. The molecule has 3 aromatic rings. The summed E-state index contributed by atoms with van der Waals surface area (Å²) in [5, 5.41) is 8.87. The molecule has 0 aliphatic carbocycles. The number of aromatic nitrogens is 3. The van der Waals surface area contributed by atoms with Crippen LogP contribution in [0.25, 0.3) is 22.2 Å². The number of carbonyl (C=O) groups is 1. The minimum Gasteiger partial charge on any atom is -0.312 e. The van der Waals surface area contributed by atoms with Gasteiger partial charge in [0.2, 0.25) is 0 Å². The fourth-order valence-electron chi connectivity index (χ4n) is 2.99. The highest BCUT2D eigenvalue weighted by Gasteiger charge is 2.43. The van der Waals surface area contributed by atoms with Crippen molar-refractivity contribution >= 4 is 26.8 Å². The quantitative estimate of drug-likeness (QED) is 0.441. The number of hydrogen-bond acceptors (Lipinski definition) is 7. The summed E-state index contributed by atoms with van der Waals surface area (Å²) < 4.78 is 37.8. The van der Waals surface area contributed by atoms with Gasteiger partial charge in [-0.25, -0.2) is 18.3 Å². The number of carbonyl (C=O) groups excluding carboxylic acids is 1. The molecule has 0 radical (unpaired) electrons. The van der Waals surface area contributed by atoms with Gasteiger partial charge in [-0.3, -0.25) is 24.8 Å². The molecule has 1 aromatic carbocycles. The predicted molar refractivity (Wildman–Crippen MR) is 107 cm³/mol. The van der Waals surface area contributed by atoms with Crippen molar-refractivity contribution in [2.24, 2.45) is 0 Å². The lowest BCUT2D eigenvalue weighted by Crippen LogP contribution is -2.50. The summed E-state index contributed by atoms with van der Waals surface area (Å²) in [6, 6.07) is 5.98. The number of benzene rings is 1. The Morgan fingerprint density at radius 3 is 2.53 bits per heavy atom. The van der Waals surface area contributed by atoms with Crippen LogP contribution in [0.2, 0.25) is 0 Å². The van der Waals surface area contributed by atoms with Crippen molar-refractivity contribution in [1.82, 2.24) is 20.0 Å². The second-order valence-corrected chi connectivity index (χ2v) is 9.47. The molecular weight excluding hydrogens is 415 g/mol. The highest BCUT2D eigenvalue weighted by atomic mass is 32.2. The minimum absolute atomic E-state index is 0.0581. The SMILES string of the molecule is CC(CCn1cc(F)c(-c2ccc3nccnc3c2)cc1=O)(C(=O)NO)S(C)(=O)=O. The summed E-state index contributed by atoms with van der Waals surface area (Å²) in [4.78, 5) is 32.7. The molecule has 0 fully saturated rings. The number of aryl methyl sites for hydroxylation is 1. The first kappa shape index (κ1) is 21.5. The molecule has 0 bridgehead atoms. The van der Waals surface area contributed by atoms with Gasteiger partial charge >= 0.3 is 0 Å². The van der Waals surface area contributed by atoms with Crippen molar-refractivity contribution in [3.63, 3.8) is 0 Å². The molecule has 1 amide bonds. The number of amides is 1. The molecule has 11 heteroatoms. The van der Waals surface area contributed by atoms with E-state index in [0.29, 0.717) is 16.6 Å². The van der Waals surface area contributed by atoms with E-state index in [1.807, 2.05) is 0 Å². The highest BCUT2D eigenvalue weighted by Crippen LogP contribution is 2.25. The summed E-state index contributed by atoms with van der Waals surface area (Å²) in [5.74, 6) is -1.84. The lowest BCUT2D eigenvalue weighted by atomic mass is 10.0. The van der Waals surface area contributed by atoms with E-state index in [1.54, 1.807) is 18.2 Å². The third kappa shape index (κ3) is 3.94. The zero-order valence-electron chi connectivity index (χ0n) is 16.2. The second-order valence-electron chi connectivity index (χ2n) is 7.02. The number of sulfone groups is 1. The molecule has 0 saturated carbocycles. The Morgan fingerprint density at radius 1 is 1.23 bits per heavy atom. The third-order valence-corrected chi connectivity index (χ3v) is 7.11. The fraction of sp³-hybridized carbons (Fsp3) is 0.263. The van der Waals surface area contributed by atoms with Crippen molar-refractivity contribution < 1.29 is 22.8 Å². The largest absolute Gasteiger partial charge is 0.312 e. The van der Waals surface area contributed by atoms with Crippen molar-refractivity contribution in [2.45, 2.75) is 24.6 Å². The first-order chi connectivity index (χ1) is 14.1. The Balaban J connectivity index is 1.94. The first-order valence-corrected chi connectivity index (χ1v) is 10.7. The van der Waals surface area contributed by atoms with Crippen LogP contribution in [0.5, 0.6) is 0 Å². The van der Waals surface area contributed by atoms with Gasteiger partial charge in [-0.05, 0) is 31.0 Å². The van der Waals surface area contributed by atoms with Gasteiger partial charge in [0, 0.05) is 43.0 Å². The molecule has 2 N–H and O–H groups in total. The number of nitrogens with one attached hydrogen (secondary N) is 1. The van der Waals surface area contributed by atoms with Crippen LogP contribution in [-0.4, -0.2) is 45.1 Å². The van der Waals surface area contributed by atoms with Gasteiger partial charge in [0.1, 0.15) is 5.82 Å². The molecule has 1 atom stereocenters. The molecule has 30 heavy (non-hydrogen) atoms. The van der Waals surface area contributed by atoms with E-state index in [1.165, 1.54) is 17.9 Å². The number of pyridine rings is 1. The third-order valence-electron chi connectivity index (χ3n) is 5.09. The normalized spacial score (nSPS) is 13.7. The van der Waals surface area contributed by atoms with E-state index < -0.39 is 31.9 Å². The number of nitrogens with zero attached hydrogens (tertiary/aromatic N) is 3. The van der Waals surface area contributed by atoms with Crippen LogP contribution in [-0.2, 0) is 21.2 Å². The predicted octanol–water partition coefficient (Wildman–Crippen LogP) is 1.30. The lowest BCUT2D eigenvalue weighted by molar-refractivity contribution is -0.131. The highest BCUT2D eigenvalue weighted by molar-refractivity contribution is 7.92. The van der Waals surface area contributed by atoms with Gasteiger partial charge in [-0.15, -0.1) is 0 Å². The Labute approximate surface area is 171 Å². The second kappa shape index (κ2) is 7.92. The minimum atomic E-state index is -3.93. The van der Waals surface area contributed by atoms with Crippen molar-refractivity contribution in [1.29, 1.82) is 0 Å². The summed E-state index contributed by atoms with van der Waals surface area (Å²) >= 11 is 0. The number of rotatable bonds is 6. The van der Waals surface area contributed by atoms with Crippen LogP contribution >= 0.6 is 0 Å². The lowest BCUT2D eigenvalue weighted by Gasteiger charge is -2.25. The van der Waals surface area contributed by atoms with E-state index in [2.05, 4.69) is 9.97 Å². The fourth-order valence-corrected chi connectivity index (χ4v) is 3.84. The van der Waals surface area contributed by atoms with Crippen LogP contribution in [0.1, 0.15) is 13.3 Å². The van der Waals surface area contributed by atoms with Crippen LogP contribution in [0, 0.1) is 5.82 Å². The van der Waals surface area contributed by atoms with Gasteiger partial charge in [-0.1, -0.05) is 6.07 Å². The number of hydrogen-bond donors (Lipinski definition) is 2. The van der Waals surface area contributed by atoms with Crippen molar-refractivity contribution in [3.05, 3.63) is 59.0 Å². The maximum Gasteiger partial charge on any atom is 0.264 e. The summed E-state index contributed by atoms with van der Waals surface area (Å²) in [6.07, 6.45) is 4.49. The Hall–Kier alpha value is -3.18. The first-order valence-electron chi connectivity index (χ1n) is 8.82. The van der Waals surface area contributed by atoms with Crippen LogP contribution in [0.4, 0.5) is 4.39 Å². The van der Waals surface area contributed by atoms with Crippen LogP contribution in [0.3, 0.4) is 0 Å². The van der Waals surface area contributed by atoms with E-state index in [-0.39, 0.29) is 18.5 Å². The molecular formula is C19H19FN4O5S. The molecule has 3 rings (SSSR count). The maximum absolute atomic E-state index is 14.8. The molecule has 9 nitrogen and oxygen atoms in total. The zero-order valence-corrected chi connectivity index (χ0v) is 17.0. The van der Waals surface area contributed by atoms with E-state index in [9.17, 15) is 22.4 Å². The van der Waals surface area contributed by atoms with E-state index in [4.69, 9.17) is 5.21 Å². The topological polar surface area (TPSA) is 131 Å². The molecule has 0 spiro atoms. The van der Waals surface area contributed by atoms with Crippen LogP contribution in [0.15, 0.2) is 47.7 Å². The maximum atomic E-state index is 14.8. The van der Waals surface area contributed by atoms with Gasteiger partial charge < -0.3 is 4.57 Å². The number of hydroxylamine groups is 1. The van der Waals surface area contributed by atoms with Gasteiger partial charge in [-0.2, -0.15) is 0 Å². The van der Waals surface area contributed by atoms with Gasteiger partial charge in [0.15, 0.2) is 14.6 Å². The van der Waals surface area contributed by atoms with Gasteiger partial charge in [0.05, 0.1) is 11.0 Å². The van der Waals surface area contributed by atoms with E-state index >= 15 is 0 Å². The Kier molecular flexibility index (Phi) is 5.68. The number of fused-ring (bicyclic) bond motifs is 1. The number of halogens is 1. The van der Waals surface area contributed by atoms with Crippen molar-refractivity contribution in [3.8, 4) is 11.1 Å². The zero-order chi connectivity index (χ0) is 22.1. The average molecular weight is 434 g/mol. The molecule has 158 valence electrons. The summed E-state index contributed by atoms with van der Waals surface area (Å²) in [6.45, 7) is 0.871. The monoisotopic (exact) mass is 434 g/mol. The molecule has 1 unspecified atom stereocenters. The Morgan fingerprint density at radius 2 is 1.90 bits per heavy atom. The molecule has 2 heterocycles.